The lowest BCUT2D eigenvalue weighted by Gasteiger charge is -2.29. The third-order valence-corrected chi connectivity index (χ3v) is 7.26. The van der Waals surface area contributed by atoms with Crippen LogP contribution in [-0.2, 0) is 14.4 Å². The molecular weight excluding hydrogens is 492 g/mol. The van der Waals surface area contributed by atoms with E-state index >= 15 is 0 Å². The molecule has 0 aromatic rings. The molecule has 0 heterocycles. The Balaban J connectivity index is -0.000000652. The minimum absolute atomic E-state index is 0.0215. The van der Waals surface area contributed by atoms with E-state index < -0.39 is 30.0 Å². The molecular formula is C33H62O6. The van der Waals surface area contributed by atoms with E-state index in [-0.39, 0.29) is 41.7 Å². The van der Waals surface area contributed by atoms with Crippen molar-refractivity contribution in [3.63, 3.8) is 0 Å². The SMILES string of the molecule is C/C=C/C[C@@H](C)[C@@H](O)[C@H](CC)C(=O)C(C)[C@H](CO)C(=O)CC.C/C=C/C[C@@H](C)[C@@H](O)[C@H](CC)C(C)=O.CCC. The largest absolute Gasteiger partial charge is 0.396 e. The lowest BCUT2D eigenvalue weighted by Crippen LogP contribution is -2.40. The van der Waals surface area contributed by atoms with Gasteiger partial charge in [0.05, 0.1) is 24.7 Å². The van der Waals surface area contributed by atoms with E-state index in [0.29, 0.717) is 19.3 Å². The molecule has 0 aromatic carbocycles. The molecule has 8 atom stereocenters. The van der Waals surface area contributed by atoms with Gasteiger partial charge in [-0.3, -0.25) is 14.4 Å². The molecule has 0 radical (unpaired) electrons. The number of hydrogen-bond acceptors (Lipinski definition) is 6. The third kappa shape index (κ3) is 16.9. The predicted octanol–water partition coefficient (Wildman–Crippen LogP) is 6.75. The predicted molar refractivity (Wildman–Crippen MR) is 163 cm³/mol. The molecule has 1 unspecified atom stereocenters. The first-order valence-electron chi connectivity index (χ1n) is 15.1. The van der Waals surface area contributed by atoms with Crippen molar-refractivity contribution in [2.75, 3.05) is 6.61 Å². The van der Waals surface area contributed by atoms with E-state index in [1.54, 1.807) is 20.8 Å². The Kier molecular flexibility index (Phi) is 27.2. The summed E-state index contributed by atoms with van der Waals surface area (Å²) in [6.07, 6.45) is 11.0. The number of aliphatic hydroxyl groups is 3. The third-order valence-electron chi connectivity index (χ3n) is 7.26. The van der Waals surface area contributed by atoms with Crippen LogP contribution in [0.1, 0.15) is 115 Å². The van der Waals surface area contributed by atoms with Gasteiger partial charge in [-0.15, -0.1) is 0 Å². The van der Waals surface area contributed by atoms with Gasteiger partial charge in [-0.05, 0) is 58.3 Å². The fourth-order valence-corrected chi connectivity index (χ4v) is 4.49. The summed E-state index contributed by atoms with van der Waals surface area (Å²) in [5, 5.41) is 29.8. The fraction of sp³-hybridized carbons (Fsp3) is 0.788. The Morgan fingerprint density at radius 1 is 0.718 bits per heavy atom. The highest BCUT2D eigenvalue weighted by atomic mass is 16.3. The molecule has 0 aliphatic carbocycles. The summed E-state index contributed by atoms with van der Waals surface area (Å²) in [7, 11) is 0. The normalized spacial score (nSPS) is 17.5. The van der Waals surface area contributed by atoms with Crippen molar-refractivity contribution in [1.82, 2.24) is 0 Å². The van der Waals surface area contributed by atoms with Gasteiger partial charge in [0, 0.05) is 24.2 Å². The smallest absolute Gasteiger partial charge is 0.142 e. The van der Waals surface area contributed by atoms with E-state index in [4.69, 9.17) is 0 Å². The summed E-state index contributed by atoms with van der Waals surface area (Å²) < 4.78 is 0. The first-order valence-corrected chi connectivity index (χ1v) is 15.1. The van der Waals surface area contributed by atoms with Crippen molar-refractivity contribution < 1.29 is 29.7 Å². The molecule has 0 spiro atoms. The molecule has 0 aromatic heterocycles. The van der Waals surface area contributed by atoms with Crippen LogP contribution >= 0.6 is 0 Å². The highest BCUT2D eigenvalue weighted by Gasteiger charge is 2.36. The van der Waals surface area contributed by atoms with Crippen molar-refractivity contribution in [1.29, 1.82) is 0 Å². The Labute approximate surface area is 240 Å². The van der Waals surface area contributed by atoms with Gasteiger partial charge >= 0.3 is 0 Å². The van der Waals surface area contributed by atoms with Gasteiger partial charge < -0.3 is 15.3 Å². The van der Waals surface area contributed by atoms with Gasteiger partial charge in [0.15, 0.2) is 0 Å². The average molecular weight is 555 g/mol. The van der Waals surface area contributed by atoms with Crippen LogP contribution in [0.2, 0.25) is 0 Å². The number of Topliss-reactive ketones (excluding diaryl/α,β-unsaturated/α-hetero) is 3. The second kappa shape index (κ2) is 25.3. The highest BCUT2D eigenvalue weighted by molar-refractivity contribution is 5.91. The number of aliphatic hydroxyl groups excluding tert-OH is 3. The van der Waals surface area contributed by atoms with Crippen LogP contribution in [0.5, 0.6) is 0 Å². The molecule has 0 saturated carbocycles. The van der Waals surface area contributed by atoms with Crippen LogP contribution in [0.3, 0.4) is 0 Å². The molecule has 6 nitrogen and oxygen atoms in total. The molecule has 3 N–H and O–H groups in total. The van der Waals surface area contributed by atoms with Crippen molar-refractivity contribution >= 4 is 17.3 Å². The molecule has 39 heavy (non-hydrogen) atoms. The quantitative estimate of drug-likeness (QED) is 0.171. The molecule has 0 bridgehead atoms. The van der Waals surface area contributed by atoms with Crippen LogP contribution in [0.25, 0.3) is 0 Å². The van der Waals surface area contributed by atoms with Gasteiger partial charge in [0.2, 0.25) is 0 Å². The van der Waals surface area contributed by atoms with Crippen LogP contribution in [-0.4, -0.2) is 51.5 Å². The van der Waals surface area contributed by atoms with Crippen molar-refractivity contribution in [3.05, 3.63) is 24.3 Å². The van der Waals surface area contributed by atoms with Crippen molar-refractivity contribution in [2.45, 2.75) is 127 Å². The van der Waals surface area contributed by atoms with Gasteiger partial charge in [-0.1, -0.05) is 86.1 Å². The molecule has 0 aliphatic rings. The minimum atomic E-state index is -0.729. The number of carbonyl (C=O) groups excluding carboxylic acids is 3. The monoisotopic (exact) mass is 554 g/mol. The maximum Gasteiger partial charge on any atom is 0.142 e. The summed E-state index contributed by atoms with van der Waals surface area (Å²) in [6.45, 7) is 20.5. The van der Waals surface area contributed by atoms with Crippen LogP contribution in [0, 0.1) is 35.5 Å². The first-order chi connectivity index (χ1) is 18.3. The van der Waals surface area contributed by atoms with E-state index in [1.807, 2.05) is 65.8 Å². The second-order valence-electron chi connectivity index (χ2n) is 10.7. The Hall–Kier alpha value is -1.63. The molecule has 0 rings (SSSR count). The summed E-state index contributed by atoms with van der Waals surface area (Å²) in [5.74, 6) is -1.92. The summed E-state index contributed by atoms with van der Waals surface area (Å²) in [6, 6.07) is 0. The number of rotatable bonds is 17. The summed E-state index contributed by atoms with van der Waals surface area (Å²) in [4.78, 5) is 35.8. The van der Waals surface area contributed by atoms with E-state index in [0.717, 1.165) is 12.8 Å². The number of carbonyl (C=O) groups is 3. The zero-order chi connectivity index (χ0) is 31.1. The maximum absolute atomic E-state index is 12.7. The van der Waals surface area contributed by atoms with Crippen molar-refractivity contribution in [2.24, 2.45) is 35.5 Å². The standard InChI is InChI=1S/C18H32O4.C12H22O2.C3H8/c1-6-9-10-12(4)17(21)14(7-2)18(22)13(5)15(11-19)16(20)8-3;1-5-7-8-9(3)12(14)11(6-2)10(4)13;1-3-2/h6,9,12-15,17,19,21H,7-8,10-11H2,1-5H3;5,7,9,11-12,14H,6,8H2,1-4H3;3H2,1-2H3/b9-6+;7-5+;/t12-,13?,14+,15+,17-;9-,11-,12-;/m11./s1. The number of hydrogen-bond donors (Lipinski definition) is 3. The van der Waals surface area contributed by atoms with Crippen molar-refractivity contribution in [3.8, 4) is 0 Å². The molecule has 230 valence electrons. The molecule has 0 aliphatic heterocycles. The summed E-state index contributed by atoms with van der Waals surface area (Å²) in [5.41, 5.74) is 0. The topological polar surface area (TPSA) is 112 Å². The van der Waals surface area contributed by atoms with Gasteiger partial charge in [-0.25, -0.2) is 0 Å². The first kappa shape index (κ1) is 41.8. The lowest BCUT2D eigenvalue weighted by molar-refractivity contribution is -0.138. The minimum Gasteiger partial charge on any atom is -0.396 e. The zero-order valence-corrected chi connectivity index (χ0v) is 26.9. The second-order valence-corrected chi connectivity index (χ2v) is 10.7. The Morgan fingerprint density at radius 3 is 1.38 bits per heavy atom. The van der Waals surface area contributed by atoms with Crippen LogP contribution in [0.15, 0.2) is 24.3 Å². The lowest BCUT2D eigenvalue weighted by atomic mass is 9.76. The zero-order valence-electron chi connectivity index (χ0n) is 26.9. The number of ketones is 3. The van der Waals surface area contributed by atoms with Gasteiger partial charge in [0.1, 0.15) is 17.3 Å². The molecule has 6 heteroatoms. The molecule has 0 saturated heterocycles. The van der Waals surface area contributed by atoms with E-state index in [1.165, 1.54) is 6.42 Å². The highest BCUT2D eigenvalue weighted by Crippen LogP contribution is 2.27. The Morgan fingerprint density at radius 2 is 1.10 bits per heavy atom. The molecule has 0 amide bonds. The number of allylic oxidation sites excluding steroid dienone is 4. The van der Waals surface area contributed by atoms with Gasteiger partial charge in [-0.2, -0.15) is 0 Å². The van der Waals surface area contributed by atoms with Gasteiger partial charge in [0.25, 0.3) is 0 Å². The maximum atomic E-state index is 12.7. The van der Waals surface area contributed by atoms with E-state index in [2.05, 4.69) is 13.8 Å². The average Bonchev–Trinajstić information content (AvgIpc) is 2.91. The Bertz CT molecular complexity index is 698. The fourth-order valence-electron chi connectivity index (χ4n) is 4.49. The van der Waals surface area contributed by atoms with Crippen LogP contribution in [0.4, 0.5) is 0 Å². The van der Waals surface area contributed by atoms with Crippen LogP contribution < -0.4 is 0 Å². The summed E-state index contributed by atoms with van der Waals surface area (Å²) >= 11 is 0. The molecule has 0 fully saturated rings. The van der Waals surface area contributed by atoms with E-state index in [9.17, 15) is 29.7 Å².